The van der Waals surface area contributed by atoms with Crippen molar-refractivity contribution >= 4 is 50.8 Å². The molecule has 8 nitrogen and oxygen atoms in total. The van der Waals surface area contributed by atoms with E-state index in [4.69, 9.17) is 25.8 Å². The van der Waals surface area contributed by atoms with Crippen molar-refractivity contribution in [3.63, 3.8) is 0 Å². The van der Waals surface area contributed by atoms with Gasteiger partial charge in [-0.3, -0.25) is 9.59 Å². The van der Waals surface area contributed by atoms with E-state index < -0.39 is 29.1 Å². The number of allylic oxidation sites excluding steroid dienone is 1. The number of Topliss-reactive ketones (excluding diaryl/α,β-unsaturated/α-hetero) is 1. The van der Waals surface area contributed by atoms with E-state index in [1.807, 2.05) is 0 Å². The van der Waals surface area contributed by atoms with Gasteiger partial charge in [-0.1, -0.05) is 34.5 Å². The Balaban J connectivity index is 1.73. The van der Waals surface area contributed by atoms with Crippen LogP contribution >= 0.6 is 27.5 Å². The fraction of sp³-hybridized carbons (Fsp3) is 0.261. The lowest BCUT2D eigenvalue weighted by molar-refractivity contribution is -0.129. The maximum Gasteiger partial charge on any atom is 0.337 e. The summed E-state index contributed by atoms with van der Waals surface area (Å²) in [7, 11) is 2.82. The van der Waals surface area contributed by atoms with Gasteiger partial charge in [0.2, 0.25) is 17.2 Å². The molecule has 0 amide bonds. The number of ketones is 2. The van der Waals surface area contributed by atoms with E-state index in [2.05, 4.69) is 21.2 Å². The molecule has 2 aliphatic rings. The molecule has 2 aromatic carbocycles. The average Bonchev–Trinajstić information content (AvgIpc) is 3.09. The molecule has 2 unspecified atom stereocenters. The lowest BCUT2D eigenvalue weighted by Crippen LogP contribution is -2.55. The average molecular weight is 537 g/mol. The highest BCUT2D eigenvalue weighted by molar-refractivity contribution is 9.10. The third kappa shape index (κ3) is 3.55. The molecule has 2 aromatic rings. The van der Waals surface area contributed by atoms with E-state index in [-0.39, 0.29) is 39.8 Å². The summed E-state index contributed by atoms with van der Waals surface area (Å²) in [6.45, 7) is 1.72. The van der Waals surface area contributed by atoms with Gasteiger partial charge in [-0.05, 0) is 24.6 Å². The first-order valence-corrected chi connectivity index (χ1v) is 11.0. The Labute approximate surface area is 202 Å². The van der Waals surface area contributed by atoms with Crippen molar-refractivity contribution in [3.05, 3.63) is 56.7 Å². The van der Waals surface area contributed by atoms with E-state index in [0.717, 1.165) is 0 Å². The van der Waals surface area contributed by atoms with Crippen LogP contribution in [0.3, 0.4) is 0 Å². The van der Waals surface area contributed by atoms with Gasteiger partial charge in [0.25, 0.3) is 0 Å². The molecule has 2 N–H and O–H groups in total. The number of ether oxygens (including phenoxy) is 3. The number of hydrogen-bond donors (Lipinski definition) is 2. The van der Waals surface area contributed by atoms with Gasteiger partial charge in [0.1, 0.15) is 22.1 Å². The predicted octanol–water partition coefficient (Wildman–Crippen LogP) is 4.74. The second-order valence-electron chi connectivity index (χ2n) is 7.73. The predicted molar refractivity (Wildman–Crippen MR) is 124 cm³/mol. The molecule has 1 aliphatic heterocycles. The van der Waals surface area contributed by atoms with Crippen LogP contribution in [0.15, 0.2) is 40.5 Å². The molecule has 4 rings (SSSR count). The quantitative estimate of drug-likeness (QED) is 0.527. The van der Waals surface area contributed by atoms with Crippen LogP contribution in [0, 0.1) is 5.92 Å². The Morgan fingerprint density at radius 3 is 2.55 bits per heavy atom. The summed E-state index contributed by atoms with van der Waals surface area (Å²) in [5.41, 5.74) is -0.883. The SMILES string of the molecule is COc1cc(OC)c2c(c1Cl)OC1(C(=O)C=C(Nc3ccc(Br)cc3C(=O)O)CC1C)C2=O. The molecule has 2 atom stereocenters. The zero-order valence-electron chi connectivity index (χ0n) is 17.8. The van der Waals surface area contributed by atoms with Gasteiger partial charge in [0.05, 0.1) is 25.5 Å². The number of aromatic carboxylic acids is 1. The molecular weight excluding hydrogens is 518 g/mol. The van der Waals surface area contributed by atoms with Crippen LogP contribution in [0.5, 0.6) is 17.2 Å². The van der Waals surface area contributed by atoms with E-state index >= 15 is 0 Å². The number of rotatable bonds is 5. The van der Waals surface area contributed by atoms with Gasteiger partial charge in [-0.15, -0.1) is 0 Å². The van der Waals surface area contributed by atoms with Crippen LogP contribution in [0.25, 0.3) is 0 Å². The molecule has 0 saturated heterocycles. The van der Waals surface area contributed by atoms with Crippen molar-refractivity contribution in [2.75, 3.05) is 19.5 Å². The third-order valence-electron chi connectivity index (χ3n) is 5.82. The molecular formula is C23H19BrClNO7. The molecule has 0 bridgehead atoms. The molecule has 10 heteroatoms. The molecule has 1 aliphatic carbocycles. The Morgan fingerprint density at radius 2 is 1.94 bits per heavy atom. The lowest BCUT2D eigenvalue weighted by Gasteiger charge is -2.35. The van der Waals surface area contributed by atoms with Crippen LogP contribution in [0.1, 0.15) is 34.1 Å². The summed E-state index contributed by atoms with van der Waals surface area (Å²) in [4.78, 5) is 38.5. The zero-order chi connectivity index (χ0) is 24.1. The minimum absolute atomic E-state index is 0.0369. The largest absolute Gasteiger partial charge is 0.496 e. The molecule has 0 saturated carbocycles. The van der Waals surface area contributed by atoms with Crippen LogP contribution in [0.2, 0.25) is 5.02 Å². The van der Waals surface area contributed by atoms with Crippen molar-refractivity contribution in [2.24, 2.45) is 5.92 Å². The molecule has 0 fully saturated rings. The standard InChI is InChI=1S/C23H19BrClNO7/c1-10-6-12(26-14-5-4-11(24)7-13(14)22(29)30)8-17(27)23(10)21(28)18-15(31-2)9-16(32-3)19(25)20(18)33-23/h4-5,7-10,26H,6H2,1-3H3,(H,29,30). The van der Waals surface area contributed by atoms with Crippen molar-refractivity contribution in [1.82, 2.24) is 0 Å². The van der Waals surface area contributed by atoms with Crippen LogP contribution in [-0.2, 0) is 4.79 Å². The number of carbonyl (C=O) groups excluding carboxylic acids is 2. The van der Waals surface area contributed by atoms with Crippen molar-refractivity contribution in [1.29, 1.82) is 0 Å². The third-order valence-corrected chi connectivity index (χ3v) is 6.67. The molecule has 1 spiro atoms. The summed E-state index contributed by atoms with van der Waals surface area (Å²) in [6, 6.07) is 6.22. The summed E-state index contributed by atoms with van der Waals surface area (Å²) in [6.07, 6.45) is 1.52. The monoisotopic (exact) mass is 535 g/mol. The van der Waals surface area contributed by atoms with Gasteiger partial charge in [0, 0.05) is 28.2 Å². The van der Waals surface area contributed by atoms with Crippen molar-refractivity contribution < 1.29 is 33.7 Å². The summed E-state index contributed by atoms with van der Waals surface area (Å²) >= 11 is 9.64. The number of benzene rings is 2. The molecule has 172 valence electrons. The first kappa shape index (κ1) is 23.1. The number of fused-ring (bicyclic) bond motifs is 1. The van der Waals surface area contributed by atoms with E-state index in [1.165, 1.54) is 32.4 Å². The lowest BCUT2D eigenvalue weighted by atomic mass is 9.74. The number of methoxy groups -OCH3 is 2. The van der Waals surface area contributed by atoms with Crippen molar-refractivity contribution in [3.8, 4) is 17.2 Å². The summed E-state index contributed by atoms with van der Waals surface area (Å²) < 4.78 is 17.2. The van der Waals surface area contributed by atoms with Crippen LogP contribution < -0.4 is 19.5 Å². The second kappa shape index (κ2) is 8.39. The highest BCUT2D eigenvalue weighted by Gasteiger charge is 2.60. The molecule has 33 heavy (non-hydrogen) atoms. The Morgan fingerprint density at radius 1 is 1.24 bits per heavy atom. The van der Waals surface area contributed by atoms with Gasteiger partial charge < -0.3 is 24.6 Å². The smallest absolute Gasteiger partial charge is 0.337 e. The number of carbonyl (C=O) groups is 3. The molecule has 0 radical (unpaired) electrons. The number of nitrogens with one attached hydrogen (secondary N) is 1. The summed E-state index contributed by atoms with van der Waals surface area (Å²) in [5.74, 6) is -2.33. The Hall–Kier alpha value is -3.04. The van der Waals surface area contributed by atoms with E-state index in [1.54, 1.807) is 19.1 Å². The minimum atomic E-state index is -1.80. The first-order chi connectivity index (χ1) is 15.6. The number of carboxylic acid groups (broad SMARTS) is 1. The number of anilines is 1. The first-order valence-electron chi connectivity index (χ1n) is 9.87. The van der Waals surface area contributed by atoms with Gasteiger partial charge in [-0.25, -0.2) is 4.79 Å². The van der Waals surface area contributed by atoms with Crippen LogP contribution in [-0.4, -0.2) is 42.5 Å². The fourth-order valence-electron chi connectivity index (χ4n) is 4.19. The zero-order valence-corrected chi connectivity index (χ0v) is 20.2. The Kier molecular flexibility index (Phi) is 5.88. The highest BCUT2D eigenvalue weighted by Crippen LogP contribution is 2.53. The number of halogens is 2. The summed E-state index contributed by atoms with van der Waals surface area (Å²) in [5, 5.41) is 12.6. The molecule has 0 aromatic heterocycles. The van der Waals surface area contributed by atoms with Gasteiger partial charge in [0.15, 0.2) is 5.75 Å². The maximum atomic E-state index is 13.5. The van der Waals surface area contributed by atoms with E-state index in [9.17, 15) is 19.5 Å². The molecule has 1 heterocycles. The topological polar surface area (TPSA) is 111 Å². The number of hydrogen-bond acceptors (Lipinski definition) is 7. The van der Waals surface area contributed by atoms with Crippen molar-refractivity contribution in [2.45, 2.75) is 18.9 Å². The fourth-order valence-corrected chi connectivity index (χ4v) is 4.82. The highest BCUT2D eigenvalue weighted by atomic mass is 79.9. The second-order valence-corrected chi connectivity index (χ2v) is 9.02. The minimum Gasteiger partial charge on any atom is -0.496 e. The van der Waals surface area contributed by atoms with Crippen LogP contribution in [0.4, 0.5) is 5.69 Å². The Bertz CT molecular complexity index is 1240. The number of carboxylic acids is 1. The van der Waals surface area contributed by atoms with Gasteiger partial charge in [-0.2, -0.15) is 0 Å². The maximum absolute atomic E-state index is 13.5. The normalized spacial score (nSPS) is 21.4. The van der Waals surface area contributed by atoms with Gasteiger partial charge >= 0.3 is 5.97 Å². The van der Waals surface area contributed by atoms with E-state index in [0.29, 0.717) is 15.9 Å².